The van der Waals surface area contributed by atoms with E-state index in [1.165, 1.54) is 0 Å². The second kappa shape index (κ2) is 7.76. The summed E-state index contributed by atoms with van der Waals surface area (Å²) in [5, 5.41) is 0.434. The Hall–Kier alpha value is -2.45. The van der Waals surface area contributed by atoms with Crippen molar-refractivity contribution >= 4 is 28.5 Å². The Kier molecular flexibility index (Phi) is 5.31. The number of aromatic nitrogens is 3. The molecule has 4 rings (SSSR count). The minimum atomic E-state index is -4.56. The second-order valence-corrected chi connectivity index (χ2v) is 7.69. The lowest BCUT2D eigenvalue weighted by molar-refractivity contribution is -0.136. The number of fused-ring (bicyclic) bond motifs is 1. The van der Waals surface area contributed by atoms with Crippen molar-refractivity contribution in [3.8, 4) is 0 Å². The number of hydrogen-bond acceptors (Lipinski definition) is 5. The monoisotopic (exact) mass is 421 g/mol. The molecule has 1 fully saturated rings. The van der Waals surface area contributed by atoms with Crippen molar-refractivity contribution in [1.29, 1.82) is 0 Å². The summed E-state index contributed by atoms with van der Waals surface area (Å²) < 4.78 is 41.0. The maximum Gasteiger partial charge on any atom is 0.417 e. The molecule has 2 aromatic heterocycles. The lowest BCUT2D eigenvalue weighted by Gasteiger charge is -2.32. The Morgan fingerprint density at radius 1 is 1.17 bits per heavy atom. The summed E-state index contributed by atoms with van der Waals surface area (Å²) in [7, 11) is 0. The summed E-state index contributed by atoms with van der Waals surface area (Å²) >= 11 is 5.94. The predicted octanol–water partition coefficient (Wildman–Crippen LogP) is 4.66. The zero-order valence-electron chi connectivity index (χ0n) is 15.5. The largest absolute Gasteiger partial charge is 0.417 e. The van der Waals surface area contributed by atoms with Crippen LogP contribution in [-0.2, 0) is 12.7 Å². The van der Waals surface area contributed by atoms with Crippen molar-refractivity contribution in [2.75, 3.05) is 18.8 Å². The van der Waals surface area contributed by atoms with E-state index in [9.17, 15) is 13.2 Å². The third kappa shape index (κ3) is 4.28. The highest BCUT2D eigenvalue weighted by Gasteiger charge is 2.36. The van der Waals surface area contributed by atoms with Crippen LogP contribution in [0.5, 0.6) is 0 Å². The van der Waals surface area contributed by atoms with Crippen molar-refractivity contribution in [3.63, 3.8) is 0 Å². The molecule has 1 saturated heterocycles. The van der Waals surface area contributed by atoms with E-state index in [2.05, 4.69) is 19.9 Å². The van der Waals surface area contributed by atoms with Crippen LogP contribution < -0.4 is 5.73 Å². The molecule has 0 spiro atoms. The first-order chi connectivity index (χ1) is 13.8. The van der Waals surface area contributed by atoms with Crippen LogP contribution in [0.15, 0.2) is 36.7 Å². The number of nitrogens with zero attached hydrogens (tertiary/aromatic N) is 4. The Balaban J connectivity index is 1.64. The first-order valence-electron chi connectivity index (χ1n) is 9.26. The third-order valence-corrected chi connectivity index (χ3v) is 5.45. The normalized spacial score (nSPS) is 18.3. The van der Waals surface area contributed by atoms with Crippen LogP contribution in [0.1, 0.15) is 35.6 Å². The highest BCUT2D eigenvalue weighted by atomic mass is 35.5. The van der Waals surface area contributed by atoms with Crippen molar-refractivity contribution in [3.05, 3.63) is 58.5 Å². The van der Waals surface area contributed by atoms with Gasteiger partial charge in [-0.3, -0.25) is 4.90 Å². The fourth-order valence-corrected chi connectivity index (χ4v) is 3.95. The van der Waals surface area contributed by atoms with E-state index in [0.29, 0.717) is 23.8 Å². The number of halogens is 4. The molecule has 29 heavy (non-hydrogen) atoms. The van der Waals surface area contributed by atoms with Crippen LogP contribution >= 0.6 is 11.6 Å². The molecule has 9 heteroatoms. The summed E-state index contributed by atoms with van der Waals surface area (Å²) in [6.07, 6.45) is -1.77. The molecule has 0 radical (unpaired) electrons. The van der Waals surface area contributed by atoms with Crippen molar-refractivity contribution < 1.29 is 13.2 Å². The topological polar surface area (TPSA) is 67.9 Å². The molecule has 0 amide bonds. The molecule has 0 saturated carbocycles. The van der Waals surface area contributed by atoms with Crippen LogP contribution in [0.4, 0.5) is 19.0 Å². The Morgan fingerprint density at radius 2 is 1.93 bits per heavy atom. The van der Waals surface area contributed by atoms with Crippen molar-refractivity contribution in [1.82, 2.24) is 19.9 Å². The van der Waals surface area contributed by atoms with Crippen LogP contribution in [0, 0.1) is 0 Å². The smallest absolute Gasteiger partial charge is 0.383 e. The lowest BCUT2D eigenvalue weighted by Crippen LogP contribution is -2.34. The van der Waals surface area contributed by atoms with Gasteiger partial charge >= 0.3 is 6.18 Å². The molecule has 1 aliphatic heterocycles. The number of rotatable bonds is 3. The minimum absolute atomic E-state index is 0.0165. The van der Waals surface area contributed by atoms with E-state index in [1.807, 2.05) is 24.3 Å². The van der Waals surface area contributed by atoms with E-state index in [0.717, 1.165) is 37.3 Å². The number of benzene rings is 1. The van der Waals surface area contributed by atoms with Gasteiger partial charge in [-0.1, -0.05) is 23.7 Å². The number of anilines is 1. The van der Waals surface area contributed by atoms with E-state index in [-0.39, 0.29) is 22.8 Å². The fourth-order valence-electron chi connectivity index (χ4n) is 3.83. The van der Waals surface area contributed by atoms with Crippen LogP contribution in [0.3, 0.4) is 0 Å². The van der Waals surface area contributed by atoms with Gasteiger partial charge in [0.15, 0.2) is 5.65 Å². The summed E-state index contributed by atoms with van der Waals surface area (Å²) in [6, 6.07) is 8.70. The van der Waals surface area contributed by atoms with Crippen LogP contribution in [0.2, 0.25) is 5.02 Å². The summed E-state index contributed by atoms with van der Waals surface area (Å²) in [4.78, 5) is 14.3. The number of pyridine rings is 1. The summed E-state index contributed by atoms with van der Waals surface area (Å²) in [6.45, 7) is 2.22. The molecule has 3 heterocycles. The number of likely N-dealkylation sites (tertiary alicyclic amines) is 1. The van der Waals surface area contributed by atoms with E-state index in [1.54, 1.807) is 0 Å². The second-order valence-electron chi connectivity index (χ2n) is 7.25. The molecular weight excluding hydrogens is 403 g/mol. The van der Waals surface area contributed by atoms with Crippen molar-refractivity contribution in [2.24, 2.45) is 0 Å². The van der Waals surface area contributed by atoms with Gasteiger partial charge in [0.05, 0.1) is 10.9 Å². The Labute approximate surface area is 170 Å². The van der Waals surface area contributed by atoms with Gasteiger partial charge in [0.1, 0.15) is 12.1 Å². The zero-order valence-corrected chi connectivity index (χ0v) is 16.2. The average molecular weight is 422 g/mol. The highest BCUT2D eigenvalue weighted by Crippen LogP contribution is 2.38. The lowest BCUT2D eigenvalue weighted by atomic mass is 9.92. The van der Waals surface area contributed by atoms with Gasteiger partial charge in [-0.15, -0.1) is 0 Å². The van der Waals surface area contributed by atoms with Crippen molar-refractivity contribution in [2.45, 2.75) is 31.5 Å². The molecule has 152 valence electrons. The Morgan fingerprint density at radius 3 is 2.66 bits per heavy atom. The van der Waals surface area contributed by atoms with Gasteiger partial charge in [-0.05, 0) is 43.1 Å². The van der Waals surface area contributed by atoms with Gasteiger partial charge in [-0.2, -0.15) is 13.2 Å². The molecular formula is C20H19ClF3N5. The predicted molar refractivity (Wildman–Crippen MR) is 105 cm³/mol. The van der Waals surface area contributed by atoms with E-state index >= 15 is 0 Å². The quantitative estimate of drug-likeness (QED) is 0.666. The van der Waals surface area contributed by atoms with Gasteiger partial charge in [0.25, 0.3) is 0 Å². The molecule has 3 aromatic rings. The molecule has 1 atom stereocenters. The molecule has 5 nitrogen and oxygen atoms in total. The molecule has 0 bridgehead atoms. The van der Waals surface area contributed by atoms with Gasteiger partial charge in [0.2, 0.25) is 0 Å². The zero-order chi connectivity index (χ0) is 20.6. The number of nitrogens with two attached hydrogens (primary N) is 1. The Bertz CT molecular complexity index is 1020. The van der Waals surface area contributed by atoms with Gasteiger partial charge < -0.3 is 5.73 Å². The van der Waals surface area contributed by atoms with Gasteiger partial charge in [-0.25, -0.2) is 15.0 Å². The molecule has 2 N–H and O–H groups in total. The standard InChI is InChI=1S/C20H19ClF3N5/c21-14-5-3-12(4-6-14)9-29-7-1-2-13(10-29)16-8-15(20(22,23)24)17-18(25)26-11-27-19(17)28-16/h3-6,8,11,13H,1-2,7,9-10H2,(H2,25,26,27,28)/t13-/m1/s1. The number of piperidine rings is 1. The fraction of sp³-hybridized carbons (Fsp3) is 0.350. The first kappa shape index (κ1) is 19.8. The minimum Gasteiger partial charge on any atom is -0.383 e. The van der Waals surface area contributed by atoms with Crippen LogP contribution in [-0.4, -0.2) is 32.9 Å². The highest BCUT2D eigenvalue weighted by molar-refractivity contribution is 6.30. The average Bonchev–Trinajstić information content (AvgIpc) is 2.69. The van der Waals surface area contributed by atoms with Crippen LogP contribution in [0.25, 0.3) is 11.0 Å². The first-order valence-corrected chi connectivity index (χ1v) is 9.64. The maximum atomic E-state index is 13.7. The number of hydrogen-bond donors (Lipinski definition) is 1. The van der Waals surface area contributed by atoms with E-state index in [4.69, 9.17) is 17.3 Å². The molecule has 0 aliphatic carbocycles. The van der Waals surface area contributed by atoms with E-state index < -0.39 is 11.7 Å². The summed E-state index contributed by atoms with van der Waals surface area (Å²) in [5.74, 6) is -0.327. The third-order valence-electron chi connectivity index (χ3n) is 5.20. The SMILES string of the molecule is Nc1ncnc2nc([C@@H]3CCCN(Cc4ccc(Cl)cc4)C3)cc(C(F)(F)F)c12. The number of alkyl halides is 3. The molecule has 1 aromatic carbocycles. The maximum absolute atomic E-state index is 13.7. The molecule has 0 unspecified atom stereocenters. The summed E-state index contributed by atoms with van der Waals surface area (Å²) in [5.41, 5.74) is 6.35. The number of nitrogen functional groups attached to an aromatic ring is 1. The van der Waals surface area contributed by atoms with Gasteiger partial charge in [0, 0.05) is 29.7 Å². The molecule has 1 aliphatic rings.